The zero-order chi connectivity index (χ0) is 14.0. The molecule has 2 heterocycles. The lowest BCUT2D eigenvalue weighted by Crippen LogP contribution is -2.52. The van der Waals surface area contributed by atoms with Crippen molar-refractivity contribution in [3.8, 4) is 0 Å². The molecule has 1 fully saturated rings. The molecule has 104 valence electrons. The summed E-state index contributed by atoms with van der Waals surface area (Å²) in [6.07, 6.45) is 0.777. The second kappa shape index (κ2) is 5.88. The molecule has 0 N–H and O–H groups in total. The Labute approximate surface area is 119 Å². The molecule has 2 rings (SSSR count). The number of rotatable bonds is 2. The largest absolute Gasteiger partial charge is 0.333 e. The van der Waals surface area contributed by atoms with E-state index >= 15 is 0 Å². The Kier molecular flexibility index (Phi) is 4.42. The highest BCUT2D eigenvalue weighted by Crippen LogP contribution is 2.17. The summed E-state index contributed by atoms with van der Waals surface area (Å²) < 4.78 is 0. The van der Waals surface area contributed by atoms with Gasteiger partial charge in [-0.1, -0.05) is 18.5 Å². The smallest absolute Gasteiger partial charge is 0.254 e. The summed E-state index contributed by atoms with van der Waals surface area (Å²) in [6.45, 7) is 6.67. The molecular formula is C14H20ClN3O. The lowest BCUT2D eigenvalue weighted by Gasteiger charge is -2.38. The number of carbonyl (C=O) groups excluding carboxylic acids is 1. The molecule has 1 aliphatic rings. The van der Waals surface area contributed by atoms with Crippen LogP contribution in [0.1, 0.15) is 29.9 Å². The normalized spacial score (nSPS) is 20.6. The molecule has 1 unspecified atom stereocenters. The summed E-state index contributed by atoms with van der Waals surface area (Å²) in [4.78, 5) is 20.9. The minimum atomic E-state index is 0.0552. The number of nitrogens with zero attached hydrogens (tertiary/aromatic N) is 3. The number of hydrogen-bond donors (Lipinski definition) is 0. The average Bonchev–Trinajstić information content (AvgIpc) is 2.37. The Morgan fingerprint density at radius 2 is 2.21 bits per heavy atom. The van der Waals surface area contributed by atoms with Crippen molar-refractivity contribution in [2.75, 3.05) is 26.7 Å². The van der Waals surface area contributed by atoms with Crippen molar-refractivity contribution in [3.63, 3.8) is 0 Å². The minimum Gasteiger partial charge on any atom is -0.333 e. The van der Waals surface area contributed by atoms with Crippen molar-refractivity contribution in [2.45, 2.75) is 26.3 Å². The van der Waals surface area contributed by atoms with Crippen molar-refractivity contribution >= 4 is 17.5 Å². The van der Waals surface area contributed by atoms with Gasteiger partial charge in [0.1, 0.15) is 5.15 Å². The third-order valence-electron chi connectivity index (χ3n) is 3.55. The van der Waals surface area contributed by atoms with E-state index < -0.39 is 0 Å². The molecule has 1 aromatic rings. The molecule has 0 bridgehead atoms. The van der Waals surface area contributed by atoms with Crippen LogP contribution in [0.3, 0.4) is 0 Å². The van der Waals surface area contributed by atoms with E-state index in [4.69, 9.17) is 11.6 Å². The second-order valence-electron chi connectivity index (χ2n) is 5.13. The molecule has 1 aromatic heterocycles. The van der Waals surface area contributed by atoms with Crippen LogP contribution < -0.4 is 0 Å². The fraction of sp³-hybridized carbons (Fsp3) is 0.571. The third-order valence-corrected chi connectivity index (χ3v) is 3.74. The first-order valence-corrected chi connectivity index (χ1v) is 7.05. The van der Waals surface area contributed by atoms with Crippen molar-refractivity contribution < 1.29 is 4.79 Å². The van der Waals surface area contributed by atoms with E-state index in [0.717, 1.165) is 31.7 Å². The van der Waals surface area contributed by atoms with Crippen LogP contribution in [-0.4, -0.2) is 53.4 Å². The van der Waals surface area contributed by atoms with Crippen LogP contribution in [0.15, 0.2) is 12.1 Å². The molecule has 5 heteroatoms. The number of halogens is 1. The van der Waals surface area contributed by atoms with Crippen LogP contribution in [0.2, 0.25) is 5.15 Å². The topological polar surface area (TPSA) is 36.4 Å². The Morgan fingerprint density at radius 3 is 2.84 bits per heavy atom. The molecule has 0 radical (unpaired) electrons. The average molecular weight is 282 g/mol. The van der Waals surface area contributed by atoms with Crippen LogP contribution in [0.4, 0.5) is 0 Å². The van der Waals surface area contributed by atoms with Gasteiger partial charge in [-0.05, 0) is 32.5 Å². The Hall–Kier alpha value is -1.13. The van der Waals surface area contributed by atoms with E-state index in [-0.39, 0.29) is 11.9 Å². The predicted octanol–water partition coefficient (Wildman–Crippen LogP) is 2.07. The quantitative estimate of drug-likeness (QED) is 0.779. The van der Waals surface area contributed by atoms with E-state index in [1.54, 1.807) is 6.07 Å². The molecule has 1 saturated heterocycles. The lowest BCUT2D eigenvalue weighted by molar-refractivity contribution is 0.0533. The molecule has 1 amide bonds. The summed E-state index contributed by atoms with van der Waals surface area (Å²) in [5, 5.41) is 0.393. The molecule has 0 aliphatic carbocycles. The highest BCUT2D eigenvalue weighted by molar-refractivity contribution is 6.29. The van der Waals surface area contributed by atoms with E-state index in [9.17, 15) is 4.79 Å². The number of amides is 1. The maximum absolute atomic E-state index is 12.6. The van der Waals surface area contributed by atoms with Crippen molar-refractivity contribution in [1.82, 2.24) is 14.8 Å². The summed E-state index contributed by atoms with van der Waals surface area (Å²) >= 11 is 5.98. The predicted molar refractivity (Wildman–Crippen MR) is 76.6 cm³/mol. The Morgan fingerprint density at radius 1 is 1.47 bits per heavy atom. The van der Waals surface area contributed by atoms with E-state index in [1.165, 1.54) is 0 Å². The number of piperazine rings is 1. The van der Waals surface area contributed by atoms with Crippen LogP contribution in [0.5, 0.6) is 0 Å². The van der Waals surface area contributed by atoms with Crippen molar-refractivity contribution in [1.29, 1.82) is 0 Å². The first-order chi connectivity index (χ1) is 9.01. The summed E-state index contributed by atoms with van der Waals surface area (Å²) in [5.74, 6) is 0.0552. The molecule has 19 heavy (non-hydrogen) atoms. The van der Waals surface area contributed by atoms with Gasteiger partial charge in [0, 0.05) is 36.9 Å². The van der Waals surface area contributed by atoms with Gasteiger partial charge in [0.15, 0.2) is 0 Å². The maximum Gasteiger partial charge on any atom is 0.254 e. The van der Waals surface area contributed by atoms with Crippen LogP contribution >= 0.6 is 11.6 Å². The molecule has 0 saturated carbocycles. The number of aromatic nitrogens is 1. The number of hydrogen-bond acceptors (Lipinski definition) is 3. The van der Waals surface area contributed by atoms with Crippen molar-refractivity contribution in [3.05, 3.63) is 28.5 Å². The Balaban J connectivity index is 2.21. The number of aryl methyl sites for hydroxylation is 1. The standard InChI is InChI=1S/C14H20ClN3O/c1-4-12-7-11(8-13(15)16-12)14(19)18-6-5-17(3)9-10(18)2/h7-8,10H,4-6,9H2,1-3H3. The fourth-order valence-electron chi connectivity index (χ4n) is 2.46. The zero-order valence-electron chi connectivity index (χ0n) is 11.7. The molecule has 1 aliphatic heterocycles. The SMILES string of the molecule is CCc1cc(C(=O)N2CCN(C)CC2C)cc(Cl)n1. The summed E-state index contributed by atoms with van der Waals surface area (Å²) in [6, 6.07) is 3.73. The van der Waals surface area contributed by atoms with Crippen LogP contribution in [-0.2, 0) is 6.42 Å². The molecular weight excluding hydrogens is 262 g/mol. The summed E-state index contributed by atoms with van der Waals surface area (Å²) in [7, 11) is 2.08. The fourth-order valence-corrected chi connectivity index (χ4v) is 2.69. The van der Waals surface area contributed by atoms with Gasteiger partial charge >= 0.3 is 0 Å². The maximum atomic E-state index is 12.6. The van der Waals surface area contributed by atoms with Gasteiger partial charge in [0.25, 0.3) is 5.91 Å². The highest BCUT2D eigenvalue weighted by atomic mass is 35.5. The minimum absolute atomic E-state index is 0.0552. The molecule has 0 aromatic carbocycles. The molecule has 4 nitrogen and oxygen atoms in total. The van der Waals surface area contributed by atoms with Crippen LogP contribution in [0, 0.1) is 0 Å². The van der Waals surface area contributed by atoms with Gasteiger partial charge in [0.05, 0.1) is 0 Å². The lowest BCUT2D eigenvalue weighted by atomic mass is 10.1. The van der Waals surface area contributed by atoms with E-state index in [1.807, 2.05) is 17.9 Å². The number of likely N-dealkylation sites (N-methyl/N-ethyl adjacent to an activating group) is 1. The first kappa shape index (κ1) is 14.3. The molecule has 1 atom stereocenters. The third kappa shape index (κ3) is 3.25. The van der Waals surface area contributed by atoms with E-state index in [0.29, 0.717) is 10.7 Å². The van der Waals surface area contributed by atoms with Gasteiger partial charge in [-0.15, -0.1) is 0 Å². The number of carbonyl (C=O) groups is 1. The monoisotopic (exact) mass is 281 g/mol. The second-order valence-corrected chi connectivity index (χ2v) is 5.52. The zero-order valence-corrected chi connectivity index (χ0v) is 12.4. The first-order valence-electron chi connectivity index (χ1n) is 6.67. The van der Waals surface area contributed by atoms with Gasteiger partial charge in [0.2, 0.25) is 0 Å². The van der Waals surface area contributed by atoms with Crippen LogP contribution in [0.25, 0.3) is 0 Å². The van der Waals surface area contributed by atoms with Gasteiger partial charge < -0.3 is 9.80 Å². The van der Waals surface area contributed by atoms with Crippen molar-refractivity contribution in [2.24, 2.45) is 0 Å². The summed E-state index contributed by atoms with van der Waals surface area (Å²) in [5.41, 5.74) is 1.51. The highest BCUT2D eigenvalue weighted by Gasteiger charge is 2.26. The molecule has 0 spiro atoms. The van der Waals surface area contributed by atoms with Gasteiger partial charge in [-0.25, -0.2) is 4.98 Å². The van der Waals surface area contributed by atoms with E-state index in [2.05, 4.69) is 23.9 Å². The Bertz CT molecular complexity index is 478. The number of pyridine rings is 1. The van der Waals surface area contributed by atoms with Gasteiger partial charge in [-0.2, -0.15) is 0 Å². The van der Waals surface area contributed by atoms with Gasteiger partial charge in [-0.3, -0.25) is 4.79 Å².